The lowest BCUT2D eigenvalue weighted by atomic mass is 10.1. The van der Waals surface area contributed by atoms with Crippen molar-refractivity contribution in [2.75, 3.05) is 26.4 Å². The van der Waals surface area contributed by atoms with Gasteiger partial charge in [0.1, 0.15) is 38.0 Å². The Kier molecular flexibility index (Phi) is 24.2. The number of carbonyl (C=O) groups is 6. The number of Topliss-reactive ketones (excluding diaryl/α,β-unsaturated/α-hetero) is 2. The van der Waals surface area contributed by atoms with Gasteiger partial charge in [-0.3, -0.25) is 19.2 Å². The molecule has 20 rings (SSSR count). The van der Waals surface area contributed by atoms with Crippen LogP contribution >= 0.6 is 0 Å². The first-order valence-electron chi connectivity index (χ1n) is 41.7. The standard InChI is InChI=1S/C102H84N14O10/c1-6-7-8-15-65-78-36-42-90(110-78)70-22-50-98(119)123-56-11-13-58-125-100(121)52-24-72-86-32-28-76(106-86)64(5)77-29-33-87(107-77)73(25-53-101(122)126-59-14-12-57-124-99(120)51-23-71(91-43-37-79(65)111-91)85-31-27-75(105-85)63(4)74-26-30-84(70)104-74)93-45-39-83(113-93)67(82-38-44-92(72)112-82)17-10-9-16-66-80-34-40-88(108-80)68(20-18-61(2)117)94-46-48-96(114-94)102(116-55-54-103-60-116)97-49-47-95(115-97)69(21-19-62(3)118)89-41-35-81(66)109-89/h11-14,26-49,54-55,60,104,106,108,111,113,115H,18-25,50-53,56-59H2,1-5H3/b13-11+,14-12+,74-63?,75-63?,76-64?,77-64?,78-65?,79-65?,80-66?,81-66?,82-67?,83-67?,84-70?,85-71?,86-72?,87-73?,88-68?,89-69?,90-70?,91-71?,92-72?,93-73?,94-68?,95-69?,102-96?,102-97?. The number of hydrogen-bond donors (Lipinski definition) is 6. The second-order valence-electron chi connectivity index (χ2n) is 30.8. The van der Waals surface area contributed by atoms with Crippen molar-refractivity contribution in [3.05, 3.63) is 245 Å². The highest BCUT2D eigenvalue weighted by Gasteiger charge is 2.24. The minimum atomic E-state index is -0.476. The van der Waals surface area contributed by atoms with Gasteiger partial charge in [-0.05, 0) is 296 Å². The molecule has 24 heteroatoms. The molecule has 10 aliphatic heterocycles. The van der Waals surface area contributed by atoms with Crippen LogP contribution < -0.4 is 0 Å². The molecule has 0 atom stereocenters. The van der Waals surface area contributed by atoms with Crippen LogP contribution in [0.2, 0.25) is 0 Å². The van der Waals surface area contributed by atoms with Crippen LogP contribution in [0.15, 0.2) is 116 Å². The molecule has 28 bridgehead atoms. The number of hydrogen-bond acceptors (Lipinski definition) is 17. The fraction of sp³-hybridized carbons (Fsp3) is 0.206. The summed E-state index contributed by atoms with van der Waals surface area (Å²) in [6.07, 6.45) is 37.1. The van der Waals surface area contributed by atoms with E-state index >= 15 is 0 Å². The lowest BCUT2D eigenvalue weighted by molar-refractivity contribution is -0.143. The third kappa shape index (κ3) is 18.4. The summed E-state index contributed by atoms with van der Waals surface area (Å²) in [6.45, 7) is 8.51. The van der Waals surface area contributed by atoms with Crippen molar-refractivity contribution < 1.29 is 47.7 Å². The third-order valence-electron chi connectivity index (χ3n) is 22.5. The van der Waals surface area contributed by atoms with Crippen molar-refractivity contribution in [3.8, 4) is 53.1 Å². The summed E-state index contributed by atoms with van der Waals surface area (Å²) in [6, 6.07) is 23.4. The highest BCUT2D eigenvalue weighted by atomic mass is 16.5. The van der Waals surface area contributed by atoms with Crippen molar-refractivity contribution in [3.63, 3.8) is 0 Å². The van der Waals surface area contributed by atoms with E-state index in [4.69, 9.17) is 48.9 Å². The number of ether oxygens (including phenoxy) is 4. The summed E-state index contributed by atoms with van der Waals surface area (Å²) in [5, 5.41) is 0. The molecule has 6 N–H and O–H groups in total. The lowest BCUT2D eigenvalue weighted by Crippen LogP contribution is -2.08. The molecule has 126 heavy (non-hydrogen) atoms. The van der Waals surface area contributed by atoms with Crippen molar-refractivity contribution >= 4 is 175 Å². The second kappa shape index (κ2) is 37.1. The fourth-order valence-corrected chi connectivity index (χ4v) is 15.9. The molecule has 24 nitrogen and oxygen atoms in total. The van der Waals surface area contributed by atoms with E-state index in [0.717, 1.165) is 83.3 Å². The maximum absolute atomic E-state index is 13.9. The van der Waals surface area contributed by atoms with Crippen LogP contribution in [0.25, 0.3) is 145 Å². The van der Waals surface area contributed by atoms with Gasteiger partial charge < -0.3 is 63.0 Å². The monoisotopic (exact) mass is 1660 g/mol. The van der Waals surface area contributed by atoms with E-state index in [9.17, 15) is 28.8 Å². The van der Waals surface area contributed by atoms with Gasteiger partial charge in [0, 0.05) is 128 Å². The van der Waals surface area contributed by atoms with Gasteiger partial charge in [0.15, 0.2) is 0 Å². The van der Waals surface area contributed by atoms with Crippen molar-refractivity contribution in [2.45, 2.75) is 112 Å². The van der Waals surface area contributed by atoms with Crippen molar-refractivity contribution in [1.82, 2.24) is 69.4 Å². The number of nitrogens with one attached hydrogen (secondary N) is 6. The van der Waals surface area contributed by atoms with Gasteiger partial charge in [-0.2, -0.15) is 0 Å². The minimum Gasteiger partial charge on any atom is -0.461 e. The first kappa shape index (κ1) is 82.3. The highest BCUT2D eigenvalue weighted by molar-refractivity contribution is 5.92. The molecule has 0 radical (unpaired) electrons. The average molecular weight is 1670 g/mol. The first-order chi connectivity index (χ1) is 61.5. The molecule has 20 heterocycles. The first-order valence-corrected chi connectivity index (χ1v) is 41.7. The van der Waals surface area contributed by atoms with Gasteiger partial charge in [-0.25, -0.2) is 34.9 Å². The zero-order valence-corrected chi connectivity index (χ0v) is 69.9. The Balaban J connectivity index is 0.736. The number of fused-ring (bicyclic) bond motifs is 8. The molecule has 0 saturated carbocycles. The number of aromatic amines is 6. The number of esters is 4. The third-order valence-corrected chi connectivity index (χ3v) is 22.5. The number of nitrogens with zero attached hydrogens (tertiary/aromatic N) is 8. The molecule has 10 aromatic heterocycles. The molecule has 0 amide bonds. The smallest absolute Gasteiger partial charge is 0.306 e. The molecule has 0 unspecified atom stereocenters. The highest BCUT2D eigenvalue weighted by Crippen LogP contribution is 2.35. The zero-order chi connectivity index (χ0) is 86.7. The van der Waals surface area contributed by atoms with E-state index in [1.165, 1.54) is 0 Å². The van der Waals surface area contributed by atoms with E-state index < -0.39 is 23.9 Å². The summed E-state index contributed by atoms with van der Waals surface area (Å²) >= 11 is 0. The topological polar surface area (TPSA) is 329 Å². The number of aromatic nitrogens is 14. The Hall–Kier alpha value is -16.1. The molecule has 622 valence electrons. The Bertz CT molecular complexity index is 7280. The largest absolute Gasteiger partial charge is 0.461 e. The summed E-state index contributed by atoms with van der Waals surface area (Å²) < 4.78 is 25.0. The van der Waals surface area contributed by atoms with Crippen LogP contribution in [0.4, 0.5) is 0 Å². The summed E-state index contributed by atoms with van der Waals surface area (Å²) in [7, 11) is 0. The Morgan fingerprint density at radius 3 is 1.02 bits per heavy atom. The average Bonchev–Trinajstić information content (AvgIpc) is 1.64. The number of aryl methyl sites for hydroxylation is 8. The summed E-state index contributed by atoms with van der Waals surface area (Å²) in [5.74, 6) is 23.3. The van der Waals surface area contributed by atoms with E-state index in [1.807, 2.05) is 170 Å². The summed E-state index contributed by atoms with van der Waals surface area (Å²) in [4.78, 5) is 138. The molecule has 0 aliphatic carbocycles. The number of ketones is 2. The van der Waals surface area contributed by atoms with Gasteiger partial charge >= 0.3 is 23.9 Å². The van der Waals surface area contributed by atoms with Crippen molar-refractivity contribution in [2.24, 2.45) is 0 Å². The minimum absolute atomic E-state index is 0.0110. The van der Waals surface area contributed by atoms with Gasteiger partial charge in [-0.1, -0.05) is 5.92 Å². The predicted octanol–water partition coefficient (Wildman–Crippen LogP) is 16.9. The number of carbonyl (C=O) groups excluding carboxylic acids is 6. The van der Waals surface area contributed by atoms with Gasteiger partial charge in [0.25, 0.3) is 0 Å². The zero-order valence-electron chi connectivity index (χ0n) is 69.9. The predicted molar refractivity (Wildman–Crippen MR) is 491 cm³/mol. The molecule has 0 aromatic carbocycles. The lowest BCUT2D eigenvalue weighted by Gasteiger charge is -2.06. The van der Waals surface area contributed by atoms with Crippen LogP contribution in [0, 0.1) is 61.2 Å². The fourth-order valence-electron chi connectivity index (χ4n) is 15.9. The maximum Gasteiger partial charge on any atom is 0.306 e. The Morgan fingerprint density at radius 2 is 0.643 bits per heavy atom. The van der Waals surface area contributed by atoms with E-state index in [0.29, 0.717) is 131 Å². The summed E-state index contributed by atoms with van der Waals surface area (Å²) in [5.41, 5.74) is 24.5. The Morgan fingerprint density at radius 1 is 0.349 bits per heavy atom. The quantitative estimate of drug-likeness (QED) is 0.0374. The molecule has 0 saturated heterocycles. The van der Waals surface area contributed by atoms with Crippen LogP contribution in [-0.2, 0) is 86.2 Å². The van der Waals surface area contributed by atoms with E-state index in [-0.39, 0.29) is 102 Å². The van der Waals surface area contributed by atoms with Crippen LogP contribution in [0.3, 0.4) is 0 Å². The van der Waals surface area contributed by atoms with Crippen molar-refractivity contribution in [1.29, 1.82) is 0 Å². The number of H-pyrrole nitrogens is 6. The second-order valence-corrected chi connectivity index (χ2v) is 30.8. The molecule has 0 spiro atoms. The molecule has 10 aromatic rings. The SMILES string of the molecule is CC#CC#Cc1c2nc(c3c4ccc([nH]4)c(C)c4nc(c(c5ccc1[nH]5)CCC(=O)OC/C=C/COC(=O)CCc1c5nc(c(C)c6ccc([nH]6)c(c6nc(c(C#CC#Cc7c8nc(c(CCC(C)=O)c9ccc([nH]9)c(-n9ccnc9)c9nc(c(CCC(C)=O)c%10ccc7[nH]%10)C=C9)C=C8)c7ccc1[nH]7)C=C6)CCC(=O)OC/C=C/COC(=O)CC3)C=C5)C=C4)C=C2. The maximum atomic E-state index is 13.9. The van der Waals surface area contributed by atoms with Crippen LogP contribution in [0.1, 0.15) is 189 Å². The molecular weight excluding hydrogens is 1580 g/mol. The van der Waals surface area contributed by atoms with E-state index in [1.54, 1.807) is 57.6 Å². The van der Waals surface area contributed by atoms with Gasteiger partial charge in [0.2, 0.25) is 0 Å². The molecular formula is C102H84N14O10. The van der Waals surface area contributed by atoms with E-state index in [2.05, 4.69) is 82.3 Å². The van der Waals surface area contributed by atoms with Crippen LogP contribution in [0.5, 0.6) is 0 Å². The number of imidazole rings is 1. The normalized spacial score (nSPS) is 14.7. The molecule has 10 aliphatic rings. The number of rotatable bonds is 7. The Labute approximate surface area is 724 Å². The van der Waals surface area contributed by atoms with Gasteiger partial charge in [0.05, 0.1) is 119 Å². The van der Waals surface area contributed by atoms with Gasteiger partial charge in [-0.15, -0.1) is 0 Å². The van der Waals surface area contributed by atoms with Crippen LogP contribution in [-0.4, -0.2) is 131 Å². The molecule has 0 fully saturated rings.